The molecule has 0 saturated heterocycles. The SMILES string of the molecule is CCCCCn1nc(C(=O)NCC(C)CO)cc1C1CCCCC1. The average Bonchev–Trinajstić information content (AvgIpc) is 3.04. The van der Waals surface area contributed by atoms with Crippen molar-refractivity contribution in [2.24, 2.45) is 5.92 Å². The van der Waals surface area contributed by atoms with Crippen LogP contribution in [-0.4, -0.2) is 33.9 Å². The van der Waals surface area contributed by atoms with Crippen molar-refractivity contribution < 1.29 is 9.90 Å². The van der Waals surface area contributed by atoms with Crippen LogP contribution in [0, 0.1) is 5.92 Å². The summed E-state index contributed by atoms with van der Waals surface area (Å²) in [6.07, 6.45) is 9.80. The van der Waals surface area contributed by atoms with E-state index in [1.165, 1.54) is 50.6 Å². The number of rotatable bonds is 9. The third kappa shape index (κ3) is 5.33. The lowest BCUT2D eigenvalue weighted by molar-refractivity contribution is 0.0936. The van der Waals surface area contributed by atoms with E-state index in [1.54, 1.807) is 0 Å². The summed E-state index contributed by atoms with van der Waals surface area (Å²) >= 11 is 0. The van der Waals surface area contributed by atoms with Crippen molar-refractivity contribution in [3.8, 4) is 0 Å². The molecule has 1 amide bonds. The first kappa shape index (κ1) is 19.0. The molecule has 0 aromatic carbocycles. The number of aliphatic hydroxyl groups is 1. The van der Waals surface area contributed by atoms with Crippen LogP contribution in [0.15, 0.2) is 6.07 Å². The van der Waals surface area contributed by atoms with Crippen molar-refractivity contribution in [1.82, 2.24) is 15.1 Å². The number of hydrogen-bond acceptors (Lipinski definition) is 3. The van der Waals surface area contributed by atoms with Gasteiger partial charge in [-0.05, 0) is 31.2 Å². The van der Waals surface area contributed by atoms with E-state index in [-0.39, 0.29) is 18.4 Å². The van der Waals surface area contributed by atoms with Gasteiger partial charge in [0.1, 0.15) is 5.69 Å². The first-order chi connectivity index (χ1) is 11.7. The maximum atomic E-state index is 12.4. The van der Waals surface area contributed by atoms with E-state index in [9.17, 15) is 4.79 Å². The molecule has 5 heteroatoms. The third-order valence-corrected chi connectivity index (χ3v) is 4.96. The Hall–Kier alpha value is -1.36. The highest BCUT2D eigenvalue weighted by atomic mass is 16.3. The summed E-state index contributed by atoms with van der Waals surface area (Å²) in [7, 11) is 0. The second-order valence-electron chi connectivity index (χ2n) is 7.22. The molecule has 1 aromatic heterocycles. The van der Waals surface area contributed by atoms with Gasteiger partial charge in [0.15, 0.2) is 0 Å². The van der Waals surface area contributed by atoms with Gasteiger partial charge in [-0.2, -0.15) is 5.10 Å². The minimum atomic E-state index is -0.124. The Labute approximate surface area is 145 Å². The molecule has 0 bridgehead atoms. The lowest BCUT2D eigenvalue weighted by Crippen LogP contribution is -2.29. The van der Waals surface area contributed by atoms with Crippen LogP contribution in [0.1, 0.15) is 87.3 Å². The van der Waals surface area contributed by atoms with E-state index < -0.39 is 0 Å². The average molecular weight is 335 g/mol. The highest BCUT2D eigenvalue weighted by Gasteiger charge is 2.22. The molecule has 1 fully saturated rings. The first-order valence-electron chi connectivity index (χ1n) is 9.62. The number of unbranched alkanes of at least 4 members (excludes halogenated alkanes) is 2. The number of aliphatic hydroxyl groups excluding tert-OH is 1. The van der Waals surface area contributed by atoms with Gasteiger partial charge in [-0.3, -0.25) is 9.48 Å². The molecule has 1 unspecified atom stereocenters. The largest absolute Gasteiger partial charge is 0.396 e. The summed E-state index contributed by atoms with van der Waals surface area (Å²) in [5.74, 6) is 0.491. The fourth-order valence-corrected chi connectivity index (χ4v) is 3.38. The quantitative estimate of drug-likeness (QED) is 0.679. The van der Waals surface area contributed by atoms with Crippen molar-refractivity contribution in [3.05, 3.63) is 17.5 Å². The van der Waals surface area contributed by atoms with Gasteiger partial charge in [0, 0.05) is 31.3 Å². The molecule has 0 spiro atoms. The van der Waals surface area contributed by atoms with Gasteiger partial charge in [0.05, 0.1) is 0 Å². The first-order valence-corrected chi connectivity index (χ1v) is 9.62. The van der Waals surface area contributed by atoms with Gasteiger partial charge in [-0.25, -0.2) is 0 Å². The normalized spacial score (nSPS) is 17.0. The Morgan fingerprint density at radius 3 is 2.79 bits per heavy atom. The topological polar surface area (TPSA) is 67.2 Å². The highest BCUT2D eigenvalue weighted by Crippen LogP contribution is 2.33. The van der Waals surface area contributed by atoms with Crippen LogP contribution in [-0.2, 0) is 6.54 Å². The van der Waals surface area contributed by atoms with Crippen LogP contribution in [0.5, 0.6) is 0 Å². The van der Waals surface area contributed by atoms with Crippen molar-refractivity contribution >= 4 is 5.91 Å². The number of amides is 1. The van der Waals surface area contributed by atoms with Gasteiger partial charge >= 0.3 is 0 Å². The second kappa shape index (κ2) is 9.82. The molecule has 136 valence electrons. The number of carbonyl (C=O) groups excluding carboxylic acids is 1. The molecule has 24 heavy (non-hydrogen) atoms. The molecular weight excluding hydrogens is 302 g/mol. The molecule has 1 aliphatic carbocycles. The maximum Gasteiger partial charge on any atom is 0.271 e. The Balaban J connectivity index is 2.08. The lowest BCUT2D eigenvalue weighted by atomic mass is 9.86. The van der Waals surface area contributed by atoms with Crippen LogP contribution in [0.3, 0.4) is 0 Å². The standard InChI is InChI=1S/C19H33N3O2/c1-3-4-8-11-22-18(16-9-6-5-7-10-16)12-17(21-22)19(24)20-13-15(2)14-23/h12,15-16,23H,3-11,13-14H2,1-2H3,(H,20,24). The van der Waals surface area contributed by atoms with Crippen LogP contribution >= 0.6 is 0 Å². The number of aromatic nitrogens is 2. The zero-order valence-corrected chi connectivity index (χ0v) is 15.3. The molecule has 0 aliphatic heterocycles. The van der Waals surface area contributed by atoms with Crippen molar-refractivity contribution in [1.29, 1.82) is 0 Å². The Morgan fingerprint density at radius 2 is 2.12 bits per heavy atom. The zero-order valence-electron chi connectivity index (χ0n) is 15.3. The van der Waals surface area contributed by atoms with Gasteiger partial charge in [0.25, 0.3) is 5.91 Å². The summed E-state index contributed by atoms with van der Waals surface area (Å²) in [4.78, 5) is 12.4. The van der Waals surface area contributed by atoms with E-state index >= 15 is 0 Å². The molecule has 0 radical (unpaired) electrons. The van der Waals surface area contributed by atoms with Gasteiger partial charge in [-0.15, -0.1) is 0 Å². The van der Waals surface area contributed by atoms with Crippen LogP contribution < -0.4 is 5.32 Å². The minimum absolute atomic E-state index is 0.0680. The van der Waals surface area contributed by atoms with Crippen molar-refractivity contribution in [2.75, 3.05) is 13.2 Å². The summed E-state index contributed by atoms with van der Waals surface area (Å²) in [6.45, 7) is 5.58. The predicted octanol–water partition coefficient (Wildman–Crippen LogP) is 3.48. The molecule has 1 heterocycles. The number of carbonyl (C=O) groups is 1. The van der Waals surface area contributed by atoms with Crippen LogP contribution in [0.2, 0.25) is 0 Å². The Kier molecular flexibility index (Phi) is 7.76. The smallest absolute Gasteiger partial charge is 0.271 e. The molecule has 1 atom stereocenters. The number of hydrogen-bond donors (Lipinski definition) is 2. The fraction of sp³-hybridized carbons (Fsp3) is 0.789. The molecule has 2 N–H and O–H groups in total. The third-order valence-electron chi connectivity index (χ3n) is 4.96. The summed E-state index contributed by atoms with van der Waals surface area (Å²) in [5.41, 5.74) is 1.77. The van der Waals surface area contributed by atoms with Gasteiger partial charge < -0.3 is 10.4 Å². The summed E-state index contributed by atoms with van der Waals surface area (Å²) in [6, 6.07) is 2.00. The van der Waals surface area contributed by atoms with Crippen LogP contribution in [0.4, 0.5) is 0 Å². The number of nitrogens with one attached hydrogen (secondary N) is 1. The summed E-state index contributed by atoms with van der Waals surface area (Å²) in [5, 5.41) is 16.6. The predicted molar refractivity (Wildman–Crippen MR) is 96.2 cm³/mol. The Bertz CT molecular complexity index is 507. The van der Waals surface area contributed by atoms with Gasteiger partial charge in [-0.1, -0.05) is 46.0 Å². The van der Waals surface area contributed by atoms with Crippen molar-refractivity contribution in [2.45, 2.75) is 77.7 Å². The molecule has 2 rings (SSSR count). The maximum absolute atomic E-state index is 12.4. The number of aryl methyl sites for hydroxylation is 1. The monoisotopic (exact) mass is 335 g/mol. The Morgan fingerprint density at radius 1 is 1.38 bits per heavy atom. The van der Waals surface area contributed by atoms with E-state index in [0.717, 1.165) is 13.0 Å². The van der Waals surface area contributed by atoms with E-state index in [4.69, 9.17) is 5.11 Å². The molecular formula is C19H33N3O2. The zero-order chi connectivity index (χ0) is 17.4. The molecule has 5 nitrogen and oxygen atoms in total. The molecule has 1 aromatic rings. The lowest BCUT2D eigenvalue weighted by Gasteiger charge is -2.22. The summed E-state index contributed by atoms with van der Waals surface area (Å²) < 4.78 is 2.08. The number of nitrogens with zero attached hydrogens (tertiary/aromatic N) is 2. The molecule has 1 aliphatic rings. The van der Waals surface area contributed by atoms with E-state index in [1.807, 2.05) is 13.0 Å². The van der Waals surface area contributed by atoms with Crippen LogP contribution in [0.25, 0.3) is 0 Å². The van der Waals surface area contributed by atoms with Crippen molar-refractivity contribution in [3.63, 3.8) is 0 Å². The highest BCUT2D eigenvalue weighted by molar-refractivity contribution is 5.92. The van der Waals surface area contributed by atoms with Gasteiger partial charge in [0.2, 0.25) is 0 Å². The molecule has 1 saturated carbocycles. The van der Waals surface area contributed by atoms with E-state index in [0.29, 0.717) is 18.2 Å². The van der Waals surface area contributed by atoms with E-state index in [2.05, 4.69) is 22.0 Å². The minimum Gasteiger partial charge on any atom is -0.396 e. The fourth-order valence-electron chi connectivity index (χ4n) is 3.38. The second-order valence-corrected chi connectivity index (χ2v) is 7.22.